The summed E-state index contributed by atoms with van der Waals surface area (Å²) in [6, 6.07) is 17.6. The second-order valence-corrected chi connectivity index (χ2v) is 3.67. The van der Waals surface area contributed by atoms with Crippen LogP contribution in [0.3, 0.4) is 0 Å². The monoisotopic (exact) mass is 258 g/mol. The fourth-order valence-electron chi connectivity index (χ4n) is 1.71. The molecule has 0 amide bonds. The third kappa shape index (κ3) is 5.27. The normalized spacial score (nSPS) is 10.4. The number of aryl methyl sites for hydroxylation is 1. The summed E-state index contributed by atoms with van der Waals surface area (Å²) in [6.45, 7) is 10.0. The molecule has 1 nitrogen and oxygen atoms in total. The molecule has 0 radical (unpaired) electrons. The van der Waals surface area contributed by atoms with Gasteiger partial charge in [0.1, 0.15) is 6.10 Å². The van der Waals surface area contributed by atoms with Crippen LogP contribution in [0.25, 0.3) is 0 Å². The molecule has 0 aliphatic carbocycles. The maximum atomic E-state index is 10.2. The van der Waals surface area contributed by atoms with Gasteiger partial charge in [-0.3, -0.25) is 0 Å². The van der Waals surface area contributed by atoms with E-state index in [1.807, 2.05) is 89.2 Å². The topological polar surface area (TPSA) is 20.2 Å². The van der Waals surface area contributed by atoms with Crippen molar-refractivity contribution in [1.82, 2.24) is 0 Å². The Hall–Kier alpha value is -1.60. The van der Waals surface area contributed by atoms with E-state index in [0.29, 0.717) is 0 Å². The van der Waals surface area contributed by atoms with Crippen molar-refractivity contribution < 1.29 is 5.11 Å². The number of hydrogen-bond donors (Lipinski definition) is 1. The Balaban J connectivity index is 0.000000741. The Morgan fingerprint density at radius 1 is 0.737 bits per heavy atom. The molecule has 0 saturated heterocycles. The summed E-state index contributed by atoms with van der Waals surface area (Å²) in [5, 5.41) is 10.2. The molecule has 0 aliphatic heterocycles. The van der Waals surface area contributed by atoms with Gasteiger partial charge in [0.2, 0.25) is 0 Å². The lowest BCUT2D eigenvalue weighted by Crippen LogP contribution is -2.01. The molecule has 1 heteroatoms. The number of hydrogen-bond acceptors (Lipinski definition) is 1. The Bertz CT molecular complexity index is 434. The van der Waals surface area contributed by atoms with Gasteiger partial charge in [-0.25, -0.2) is 0 Å². The van der Waals surface area contributed by atoms with Gasteiger partial charge < -0.3 is 5.11 Å². The van der Waals surface area contributed by atoms with Crippen molar-refractivity contribution in [3.05, 3.63) is 71.3 Å². The van der Waals surface area contributed by atoms with E-state index in [9.17, 15) is 5.11 Å². The Labute approximate surface area is 117 Å². The van der Waals surface area contributed by atoms with Gasteiger partial charge in [0.25, 0.3) is 0 Å². The Kier molecular flexibility index (Phi) is 9.46. The van der Waals surface area contributed by atoms with Gasteiger partial charge in [0, 0.05) is 0 Å². The van der Waals surface area contributed by atoms with Gasteiger partial charge in [-0.1, -0.05) is 82.3 Å². The smallest absolute Gasteiger partial charge is 0.104 e. The van der Waals surface area contributed by atoms with Crippen molar-refractivity contribution in [2.75, 3.05) is 0 Å². The van der Waals surface area contributed by atoms with Crippen LogP contribution in [-0.4, -0.2) is 5.11 Å². The van der Waals surface area contributed by atoms with Crippen LogP contribution in [-0.2, 0) is 0 Å². The zero-order valence-corrected chi connectivity index (χ0v) is 12.7. The summed E-state index contributed by atoms with van der Waals surface area (Å²) < 4.78 is 0. The van der Waals surface area contributed by atoms with Crippen LogP contribution >= 0.6 is 0 Å². The molecule has 2 rings (SSSR count). The van der Waals surface area contributed by atoms with Crippen molar-refractivity contribution in [3.8, 4) is 0 Å². The van der Waals surface area contributed by atoms with Crippen molar-refractivity contribution in [2.45, 2.75) is 40.7 Å². The molecule has 0 spiro atoms. The summed E-state index contributed by atoms with van der Waals surface area (Å²) in [5.74, 6) is 0. The van der Waals surface area contributed by atoms with E-state index in [-0.39, 0.29) is 0 Å². The first-order valence-corrected chi connectivity index (χ1v) is 7.07. The van der Waals surface area contributed by atoms with Crippen molar-refractivity contribution in [1.29, 1.82) is 0 Å². The molecule has 0 aromatic heterocycles. The molecule has 104 valence electrons. The molecule has 1 atom stereocenters. The third-order valence-corrected chi connectivity index (χ3v) is 2.60. The number of aliphatic hydroxyl groups excluding tert-OH is 1. The minimum atomic E-state index is -0.521. The van der Waals surface area contributed by atoms with Crippen molar-refractivity contribution in [3.63, 3.8) is 0 Å². The molecule has 0 bridgehead atoms. The first-order chi connectivity index (χ1) is 9.29. The highest BCUT2D eigenvalue weighted by Crippen LogP contribution is 2.23. The van der Waals surface area contributed by atoms with E-state index in [1.165, 1.54) is 0 Å². The predicted molar refractivity (Wildman–Crippen MR) is 84.4 cm³/mol. The fraction of sp³-hybridized carbons (Fsp3) is 0.333. The summed E-state index contributed by atoms with van der Waals surface area (Å²) in [5.41, 5.74) is 3.03. The maximum Gasteiger partial charge on any atom is 0.104 e. The second-order valence-electron chi connectivity index (χ2n) is 3.67. The van der Waals surface area contributed by atoms with Crippen LogP contribution in [0.2, 0.25) is 0 Å². The highest BCUT2D eigenvalue weighted by atomic mass is 16.3. The highest BCUT2D eigenvalue weighted by Gasteiger charge is 2.10. The minimum absolute atomic E-state index is 0.521. The number of benzene rings is 2. The van der Waals surface area contributed by atoms with Gasteiger partial charge in [-0.15, -0.1) is 0 Å². The molecule has 0 fully saturated rings. The van der Waals surface area contributed by atoms with Gasteiger partial charge in [-0.2, -0.15) is 0 Å². The van der Waals surface area contributed by atoms with Crippen LogP contribution < -0.4 is 0 Å². The molecule has 0 heterocycles. The minimum Gasteiger partial charge on any atom is -0.384 e. The van der Waals surface area contributed by atoms with E-state index < -0.39 is 6.10 Å². The highest BCUT2D eigenvalue weighted by molar-refractivity contribution is 5.34. The first-order valence-electron chi connectivity index (χ1n) is 7.07. The van der Waals surface area contributed by atoms with Gasteiger partial charge in [0.15, 0.2) is 0 Å². The van der Waals surface area contributed by atoms with Gasteiger partial charge in [-0.05, 0) is 23.6 Å². The average molecular weight is 258 g/mol. The predicted octanol–water partition coefficient (Wildman–Crippen LogP) is 5.13. The Morgan fingerprint density at radius 3 is 1.74 bits per heavy atom. The third-order valence-electron chi connectivity index (χ3n) is 2.60. The van der Waals surface area contributed by atoms with Crippen molar-refractivity contribution >= 4 is 0 Å². The molecule has 0 aliphatic rings. The largest absolute Gasteiger partial charge is 0.384 e. The fourth-order valence-corrected chi connectivity index (χ4v) is 1.71. The quantitative estimate of drug-likeness (QED) is 0.791. The molecule has 19 heavy (non-hydrogen) atoms. The Morgan fingerprint density at radius 2 is 1.21 bits per heavy atom. The molecule has 1 unspecified atom stereocenters. The molecule has 2 aromatic carbocycles. The molecule has 1 N–H and O–H groups in total. The van der Waals surface area contributed by atoms with Gasteiger partial charge in [0.05, 0.1) is 0 Å². The number of rotatable bonds is 2. The average Bonchev–Trinajstić information content (AvgIpc) is 2.52. The second kappa shape index (κ2) is 10.3. The molecular formula is C18H26O. The van der Waals surface area contributed by atoms with E-state index in [4.69, 9.17) is 0 Å². The van der Waals surface area contributed by atoms with Gasteiger partial charge >= 0.3 is 0 Å². The SMILES string of the molecule is CC.CC.Cc1ccccc1C(O)c1ccccc1. The number of aliphatic hydroxyl groups is 1. The summed E-state index contributed by atoms with van der Waals surface area (Å²) in [6.07, 6.45) is -0.521. The van der Waals surface area contributed by atoms with Crippen LogP contribution in [0, 0.1) is 6.92 Å². The lowest BCUT2D eigenvalue weighted by atomic mass is 9.98. The lowest BCUT2D eigenvalue weighted by molar-refractivity contribution is 0.219. The van der Waals surface area contributed by atoms with Crippen molar-refractivity contribution in [2.24, 2.45) is 0 Å². The van der Waals surface area contributed by atoms with E-state index in [0.717, 1.165) is 16.7 Å². The molecular weight excluding hydrogens is 232 g/mol. The van der Waals surface area contributed by atoms with Crippen LogP contribution in [0.1, 0.15) is 50.5 Å². The lowest BCUT2D eigenvalue weighted by Gasteiger charge is -2.13. The maximum absolute atomic E-state index is 10.2. The molecule has 0 saturated carbocycles. The zero-order chi connectivity index (χ0) is 14.7. The first kappa shape index (κ1) is 17.4. The van der Waals surface area contributed by atoms with E-state index in [1.54, 1.807) is 0 Å². The van der Waals surface area contributed by atoms with E-state index in [2.05, 4.69) is 0 Å². The molecule has 2 aromatic rings. The van der Waals surface area contributed by atoms with Crippen LogP contribution in [0.4, 0.5) is 0 Å². The summed E-state index contributed by atoms with van der Waals surface area (Å²) in [7, 11) is 0. The standard InChI is InChI=1S/C14H14O.2C2H6/c1-11-7-5-6-10-13(11)14(15)12-8-3-2-4-9-12;2*1-2/h2-10,14-15H,1H3;2*1-2H3. The summed E-state index contributed by atoms with van der Waals surface area (Å²) in [4.78, 5) is 0. The summed E-state index contributed by atoms with van der Waals surface area (Å²) >= 11 is 0. The van der Waals surface area contributed by atoms with Crippen LogP contribution in [0.15, 0.2) is 54.6 Å². The zero-order valence-electron chi connectivity index (χ0n) is 12.7. The van der Waals surface area contributed by atoms with Crippen LogP contribution in [0.5, 0.6) is 0 Å². The van der Waals surface area contributed by atoms with E-state index >= 15 is 0 Å².